The van der Waals surface area contributed by atoms with E-state index >= 15 is 0 Å². The molecule has 1 aromatic rings. The summed E-state index contributed by atoms with van der Waals surface area (Å²) < 4.78 is 0. The van der Waals surface area contributed by atoms with Gasteiger partial charge in [0, 0.05) is 16.6 Å². The van der Waals surface area contributed by atoms with Crippen LogP contribution in [0.4, 0.5) is 5.69 Å². The lowest BCUT2D eigenvalue weighted by molar-refractivity contribution is 0.889. The molecule has 1 fully saturated rings. The van der Waals surface area contributed by atoms with Crippen LogP contribution in [0.25, 0.3) is 0 Å². The summed E-state index contributed by atoms with van der Waals surface area (Å²) in [6, 6.07) is 7.63. The molecule has 0 aromatic heterocycles. The molecule has 1 heterocycles. The molecule has 1 aliphatic carbocycles. The number of benzene rings is 1. The molecule has 0 atom stereocenters. The Hall–Kier alpha value is -0.630. The minimum absolute atomic E-state index is 0.768. The predicted octanol–water partition coefficient (Wildman–Crippen LogP) is 3.30. The number of hydrogen-bond donors (Lipinski definition) is 1. The van der Waals surface area contributed by atoms with E-state index in [2.05, 4.69) is 23.5 Å². The van der Waals surface area contributed by atoms with Gasteiger partial charge in [0.25, 0.3) is 0 Å². The van der Waals surface area contributed by atoms with Crippen LogP contribution in [0.2, 0.25) is 0 Å². The van der Waals surface area contributed by atoms with Gasteiger partial charge >= 0.3 is 0 Å². The lowest BCUT2D eigenvalue weighted by Crippen LogP contribution is -2.03. The molecule has 14 heavy (non-hydrogen) atoms. The minimum atomic E-state index is 0.768. The number of anilines is 1. The van der Waals surface area contributed by atoms with E-state index in [1.54, 1.807) is 5.56 Å². The third kappa shape index (κ3) is 1.76. The van der Waals surface area contributed by atoms with Crippen LogP contribution in [-0.2, 0) is 6.42 Å². The lowest BCUT2D eigenvalue weighted by Gasteiger charge is -2.16. The van der Waals surface area contributed by atoms with E-state index in [9.17, 15) is 0 Å². The highest BCUT2D eigenvalue weighted by molar-refractivity contribution is 7.99. The fourth-order valence-electron chi connectivity index (χ4n) is 1.91. The summed E-state index contributed by atoms with van der Waals surface area (Å²) >= 11 is 2.00. The molecule has 1 nitrogen and oxygen atoms in total. The van der Waals surface area contributed by atoms with Crippen molar-refractivity contribution in [3.05, 3.63) is 23.8 Å². The first-order valence-corrected chi connectivity index (χ1v) is 6.43. The van der Waals surface area contributed by atoms with Crippen molar-refractivity contribution in [2.45, 2.75) is 36.6 Å². The topological polar surface area (TPSA) is 12.0 Å². The van der Waals surface area contributed by atoms with Crippen LogP contribution in [0.1, 0.15) is 24.8 Å². The number of thioether (sulfide) groups is 1. The van der Waals surface area contributed by atoms with Gasteiger partial charge in [0.2, 0.25) is 0 Å². The maximum Gasteiger partial charge on any atom is 0.0345 e. The normalized spacial score (nSPS) is 20.3. The van der Waals surface area contributed by atoms with Gasteiger partial charge in [-0.2, -0.15) is 0 Å². The summed E-state index contributed by atoms with van der Waals surface area (Å²) in [5.74, 6) is 1.29. The number of rotatable bonds is 2. The zero-order chi connectivity index (χ0) is 9.38. The van der Waals surface area contributed by atoms with Gasteiger partial charge in [-0.05, 0) is 55.2 Å². The SMILES string of the molecule is c1cc2c(cc1NC1CC1)CCCS2. The summed E-state index contributed by atoms with van der Waals surface area (Å²) in [7, 11) is 0. The summed E-state index contributed by atoms with van der Waals surface area (Å²) in [5, 5.41) is 3.56. The van der Waals surface area contributed by atoms with Crippen molar-refractivity contribution < 1.29 is 0 Å². The largest absolute Gasteiger partial charge is 0.382 e. The standard InChI is InChI=1S/C12H15NS/c1-2-9-8-11(13-10-3-4-10)5-6-12(9)14-7-1/h5-6,8,10,13H,1-4,7H2. The number of fused-ring (bicyclic) bond motifs is 1. The van der Waals surface area contributed by atoms with E-state index in [-0.39, 0.29) is 0 Å². The second kappa shape index (κ2) is 3.50. The third-order valence-corrected chi connectivity index (χ3v) is 4.06. The fourth-order valence-corrected chi connectivity index (χ4v) is 2.93. The molecule has 74 valence electrons. The second-order valence-corrected chi connectivity index (χ2v) is 5.33. The summed E-state index contributed by atoms with van der Waals surface area (Å²) in [4.78, 5) is 1.50. The quantitative estimate of drug-likeness (QED) is 0.795. The van der Waals surface area contributed by atoms with Crippen LogP contribution in [-0.4, -0.2) is 11.8 Å². The molecule has 0 saturated heterocycles. The Kier molecular flexibility index (Phi) is 2.17. The van der Waals surface area contributed by atoms with Crippen molar-refractivity contribution in [2.24, 2.45) is 0 Å². The Bertz CT molecular complexity index is 344. The Morgan fingerprint density at radius 3 is 3.07 bits per heavy atom. The fraction of sp³-hybridized carbons (Fsp3) is 0.500. The zero-order valence-corrected chi connectivity index (χ0v) is 9.07. The number of hydrogen-bond acceptors (Lipinski definition) is 2. The lowest BCUT2D eigenvalue weighted by atomic mass is 10.1. The molecule has 3 rings (SSSR count). The number of aryl methyl sites for hydroxylation is 1. The van der Waals surface area contributed by atoms with Crippen LogP contribution >= 0.6 is 11.8 Å². The molecule has 0 unspecified atom stereocenters. The summed E-state index contributed by atoms with van der Waals surface area (Å²) in [5.41, 5.74) is 2.88. The Morgan fingerprint density at radius 1 is 1.29 bits per heavy atom. The minimum Gasteiger partial charge on any atom is -0.382 e. The van der Waals surface area contributed by atoms with Crippen LogP contribution < -0.4 is 5.32 Å². The molecular weight excluding hydrogens is 190 g/mol. The molecular formula is C12H15NS. The van der Waals surface area contributed by atoms with E-state index in [1.807, 2.05) is 11.8 Å². The van der Waals surface area contributed by atoms with Gasteiger partial charge in [0.15, 0.2) is 0 Å². The van der Waals surface area contributed by atoms with Crippen LogP contribution in [0.5, 0.6) is 0 Å². The van der Waals surface area contributed by atoms with E-state index in [0.29, 0.717) is 0 Å². The average molecular weight is 205 g/mol. The van der Waals surface area contributed by atoms with Gasteiger partial charge in [-0.25, -0.2) is 0 Å². The van der Waals surface area contributed by atoms with Crippen LogP contribution in [0, 0.1) is 0 Å². The molecule has 0 radical (unpaired) electrons. The Labute approximate surface area is 89.3 Å². The van der Waals surface area contributed by atoms with Crippen molar-refractivity contribution in [2.75, 3.05) is 11.1 Å². The van der Waals surface area contributed by atoms with Crippen molar-refractivity contribution in [3.8, 4) is 0 Å². The van der Waals surface area contributed by atoms with Crippen LogP contribution in [0.3, 0.4) is 0 Å². The smallest absolute Gasteiger partial charge is 0.0345 e. The van der Waals surface area contributed by atoms with Gasteiger partial charge in [-0.15, -0.1) is 11.8 Å². The van der Waals surface area contributed by atoms with Crippen LogP contribution in [0.15, 0.2) is 23.1 Å². The van der Waals surface area contributed by atoms with E-state index in [4.69, 9.17) is 0 Å². The summed E-state index contributed by atoms with van der Waals surface area (Å²) in [6.07, 6.45) is 5.31. The van der Waals surface area contributed by atoms with Gasteiger partial charge in [0.05, 0.1) is 0 Å². The molecule has 1 aromatic carbocycles. The maximum absolute atomic E-state index is 3.56. The van der Waals surface area contributed by atoms with Gasteiger partial charge in [-0.1, -0.05) is 0 Å². The first-order chi connectivity index (χ1) is 6.92. The highest BCUT2D eigenvalue weighted by atomic mass is 32.2. The average Bonchev–Trinajstić information content (AvgIpc) is 3.02. The van der Waals surface area contributed by atoms with Gasteiger partial charge in [0.1, 0.15) is 0 Å². The molecule has 0 spiro atoms. The molecule has 2 aliphatic rings. The van der Waals surface area contributed by atoms with Gasteiger partial charge < -0.3 is 5.32 Å². The molecule has 1 N–H and O–H groups in total. The van der Waals surface area contributed by atoms with Crippen molar-refractivity contribution in [1.82, 2.24) is 0 Å². The van der Waals surface area contributed by atoms with E-state index < -0.39 is 0 Å². The van der Waals surface area contributed by atoms with Crippen molar-refractivity contribution in [3.63, 3.8) is 0 Å². The Balaban J connectivity index is 1.84. The molecule has 1 saturated carbocycles. The van der Waals surface area contributed by atoms with E-state index in [1.165, 1.54) is 42.0 Å². The third-order valence-electron chi connectivity index (χ3n) is 2.86. The summed E-state index contributed by atoms with van der Waals surface area (Å²) in [6.45, 7) is 0. The van der Waals surface area contributed by atoms with Crippen molar-refractivity contribution in [1.29, 1.82) is 0 Å². The zero-order valence-electron chi connectivity index (χ0n) is 8.25. The monoisotopic (exact) mass is 205 g/mol. The predicted molar refractivity (Wildman–Crippen MR) is 62.1 cm³/mol. The number of nitrogens with one attached hydrogen (secondary N) is 1. The second-order valence-electron chi connectivity index (χ2n) is 4.19. The highest BCUT2D eigenvalue weighted by Gasteiger charge is 2.21. The first kappa shape index (κ1) is 8.66. The molecule has 0 bridgehead atoms. The molecule has 1 aliphatic heterocycles. The van der Waals surface area contributed by atoms with E-state index in [0.717, 1.165) is 6.04 Å². The first-order valence-electron chi connectivity index (χ1n) is 5.44. The maximum atomic E-state index is 3.56. The van der Waals surface area contributed by atoms with Crippen molar-refractivity contribution >= 4 is 17.4 Å². The molecule has 2 heteroatoms. The Morgan fingerprint density at radius 2 is 2.21 bits per heavy atom. The van der Waals surface area contributed by atoms with Gasteiger partial charge in [-0.3, -0.25) is 0 Å². The highest BCUT2D eigenvalue weighted by Crippen LogP contribution is 2.33. The molecule has 0 amide bonds.